The summed E-state index contributed by atoms with van der Waals surface area (Å²) in [6.07, 6.45) is 3.45. The van der Waals surface area contributed by atoms with Crippen LogP contribution in [0.15, 0.2) is 46.3 Å². The van der Waals surface area contributed by atoms with E-state index in [1.807, 2.05) is 4.90 Å². The highest BCUT2D eigenvalue weighted by atomic mass is 35.5. The number of piperazine rings is 1. The second-order valence-corrected chi connectivity index (χ2v) is 7.16. The zero-order valence-corrected chi connectivity index (χ0v) is 15.4. The Morgan fingerprint density at radius 1 is 1.19 bits per heavy atom. The molecule has 0 bridgehead atoms. The van der Waals surface area contributed by atoms with Gasteiger partial charge in [0.15, 0.2) is 5.58 Å². The maximum atomic E-state index is 12.4. The molecular weight excluding hydrogens is 374 g/mol. The zero-order chi connectivity index (χ0) is 17.9. The van der Waals surface area contributed by atoms with Crippen LogP contribution in [0.2, 0.25) is 5.02 Å². The van der Waals surface area contributed by atoms with Gasteiger partial charge in [0.05, 0.1) is 5.75 Å². The Morgan fingerprint density at radius 2 is 1.96 bits per heavy atom. The van der Waals surface area contributed by atoms with Crippen molar-refractivity contribution >= 4 is 46.3 Å². The van der Waals surface area contributed by atoms with Crippen molar-refractivity contribution in [1.82, 2.24) is 19.9 Å². The van der Waals surface area contributed by atoms with Crippen LogP contribution in [0.1, 0.15) is 0 Å². The van der Waals surface area contributed by atoms with Crippen molar-refractivity contribution in [3.8, 4) is 0 Å². The van der Waals surface area contributed by atoms with Gasteiger partial charge in [-0.2, -0.15) is 0 Å². The second kappa shape index (κ2) is 7.51. The average Bonchev–Trinajstić information content (AvgIpc) is 3.09. The first-order valence-corrected chi connectivity index (χ1v) is 9.54. The van der Waals surface area contributed by atoms with Gasteiger partial charge in [0.2, 0.25) is 11.9 Å². The van der Waals surface area contributed by atoms with Gasteiger partial charge in [-0.15, -0.1) is 0 Å². The second-order valence-electron chi connectivity index (χ2n) is 5.80. The van der Waals surface area contributed by atoms with E-state index in [0.29, 0.717) is 46.1 Å². The molecule has 0 radical (unpaired) electrons. The zero-order valence-electron chi connectivity index (χ0n) is 13.8. The fourth-order valence-electron chi connectivity index (χ4n) is 2.77. The number of anilines is 1. The van der Waals surface area contributed by atoms with Gasteiger partial charge in [-0.05, 0) is 24.3 Å². The van der Waals surface area contributed by atoms with Crippen LogP contribution in [0.3, 0.4) is 0 Å². The van der Waals surface area contributed by atoms with Crippen LogP contribution in [-0.2, 0) is 4.79 Å². The lowest BCUT2D eigenvalue weighted by Gasteiger charge is -2.34. The van der Waals surface area contributed by atoms with Gasteiger partial charge in [-0.1, -0.05) is 23.4 Å². The predicted molar refractivity (Wildman–Crippen MR) is 101 cm³/mol. The highest BCUT2D eigenvalue weighted by Crippen LogP contribution is 2.25. The molecule has 2 aromatic heterocycles. The van der Waals surface area contributed by atoms with Crippen LogP contribution in [-0.4, -0.2) is 57.7 Å². The summed E-state index contributed by atoms with van der Waals surface area (Å²) in [5.74, 6) is 1.07. The number of nitrogens with zero attached hydrogens (tertiary/aromatic N) is 5. The predicted octanol–water partition coefficient (Wildman–Crippen LogP) is 2.71. The van der Waals surface area contributed by atoms with Crippen LogP contribution in [0.4, 0.5) is 5.95 Å². The third-order valence-electron chi connectivity index (χ3n) is 4.12. The van der Waals surface area contributed by atoms with Crippen LogP contribution in [0, 0.1) is 0 Å². The van der Waals surface area contributed by atoms with Crippen molar-refractivity contribution in [3.63, 3.8) is 0 Å². The normalized spacial score (nSPS) is 14.8. The molecule has 1 aromatic carbocycles. The van der Waals surface area contributed by atoms with Crippen molar-refractivity contribution in [1.29, 1.82) is 0 Å². The molecule has 9 heteroatoms. The van der Waals surface area contributed by atoms with Crippen molar-refractivity contribution in [2.24, 2.45) is 0 Å². The molecule has 1 fully saturated rings. The van der Waals surface area contributed by atoms with E-state index in [2.05, 4.69) is 19.9 Å². The highest BCUT2D eigenvalue weighted by molar-refractivity contribution is 7.99. The minimum atomic E-state index is 0.0731. The molecule has 0 aliphatic carbocycles. The van der Waals surface area contributed by atoms with Crippen LogP contribution in [0.25, 0.3) is 11.1 Å². The third kappa shape index (κ3) is 3.76. The molecule has 0 N–H and O–H groups in total. The molecule has 26 heavy (non-hydrogen) atoms. The first-order chi connectivity index (χ1) is 12.7. The first kappa shape index (κ1) is 17.1. The van der Waals surface area contributed by atoms with Gasteiger partial charge in [0, 0.05) is 43.6 Å². The maximum Gasteiger partial charge on any atom is 0.257 e. The number of fused-ring (bicyclic) bond motifs is 1. The van der Waals surface area contributed by atoms with E-state index in [1.165, 1.54) is 11.8 Å². The summed E-state index contributed by atoms with van der Waals surface area (Å²) in [6, 6.07) is 7.07. The molecule has 1 aliphatic rings. The minimum absolute atomic E-state index is 0.0731. The first-order valence-electron chi connectivity index (χ1n) is 8.18. The molecular formula is C17H16ClN5O2S. The highest BCUT2D eigenvalue weighted by Gasteiger charge is 2.23. The molecule has 3 heterocycles. The number of carbonyl (C=O) groups excluding carboxylic acids is 1. The van der Waals surface area contributed by atoms with E-state index in [1.54, 1.807) is 36.7 Å². The van der Waals surface area contributed by atoms with Gasteiger partial charge >= 0.3 is 0 Å². The molecule has 134 valence electrons. The van der Waals surface area contributed by atoms with Gasteiger partial charge in [-0.3, -0.25) is 4.79 Å². The topological polar surface area (TPSA) is 75.4 Å². The Kier molecular flexibility index (Phi) is 4.94. The maximum absolute atomic E-state index is 12.4. The summed E-state index contributed by atoms with van der Waals surface area (Å²) >= 11 is 7.25. The Morgan fingerprint density at radius 3 is 2.73 bits per heavy atom. The van der Waals surface area contributed by atoms with Crippen LogP contribution < -0.4 is 4.90 Å². The molecule has 4 rings (SSSR count). The SMILES string of the molecule is O=C(CSc1nc2cc(Cl)ccc2o1)N1CCN(c2ncccn2)CC1. The Labute approximate surface area is 159 Å². The van der Waals surface area contributed by atoms with Crippen molar-refractivity contribution in [2.45, 2.75) is 5.22 Å². The van der Waals surface area contributed by atoms with Gasteiger partial charge in [0.1, 0.15) is 5.52 Å². The number of rotatable bonds is 4. The summed E-state index contributed by atoms with van der Waals surface area (Å²) in [4.78, 5) is 29.3. The number of halogens is 1. The quantitative estimate of drug-likeness (QED) is 0.635. The van der Waals surface area contributed by atoms with Crippen molar-refractivity contribution in [2.75, 3.05) is 36.8 Å². The fourth-order valence-corrected chi connectivity index (χ4v) is 3.67. The standard InChI is InChI=1S/C17H16ClN5O2S/c18-12-2-3-14-13(10-12)21-17(25-14)26-11-15(24)22-6-8-23(9-7-22)16-19-4-1-5-20-16/h1-5,10H,6-9,11H2. The van der Waals surface area contributed by atoms with E-state index in [0.717, 1.165) is 13.1 Å². The molecule has 1 amide bonds. The third-order valence-corrected chi connectivity index (χ3v) is 5.16. The Balaban J connectivity index is 1.31. The van der Waals surface area contributed by atoms with E-state index in [4.69, 9.17) is 16.0 Å². The van der Waals surface area contributed by atoms with Gasteiger partial charge < -0.3 is 14.2 Å². The van der Waals surface area contributed by atoms with E-state index in [9.17, 15) is 4.79 Å². The number of benzene rings is 1. The molecule has 7 nitrogen and oxygen atoms in total. The summed E-state index contributed by atoms with van der Waals surface area (Å²) in [5, 5.41) is 1.09. The summed E-state index contributed by atoms with van der Waals surface area (Å²) < 4.78 is 5.63. The molecule has 0 spiro atoms. The number of hydrogen-bond donors (Lipinski definition) is 0. The lowest BCUT2D eigenvalue weighted by Crippen LogP contribution is -2.49. The summed E-state index contributed by atoms with van der Waals surface area (Å²) in [6.45, 7) is 2.76. The number of amides is 1. The van der Waals surface area contributed by atoms with Gasteiger partial charge in [0.25, 0.3) is 5.22 Å². The lowest BCUT2D eigenvalue weighted by molar-refractivity contribution is -0.128. The molecule has 1 saturated heterocycles. The smallest absolute Gasteiger partial charge is 0.257 e. The number of aromatic nitrogens is 3. The van der Waals surface area contributed by atoms with E-state index >= 15 is 0 Å². The molecule has 3 aromatic rings. The molecule has 0 unspecified atom stereocenters. The minimum Gasteiger partial charge on any atom is -0.431 e. The van der Waals surface area contributed by atoms with Crippen molar-refractivity contribution in [3.05, 3.63) is 41.7 Å². The van der Waals surface area contributed by atoms with E-state index < -0.39 is 0 Å². The molecule has 0 saturated carbocycles. The van der Waals surface area contributed by atoms with Crippen molar-refractivity contribution < 1.29 is 9.21 Å². The summed E-state index contributed by atoms with van der Waals surface area (Å²) in [7, 11) is 0. The Bertz CT molecular complexity index is 912. The number of oxazole rings is 1. The number of hydrogen-bond acceptors (Lipinski definition) is 7. The van der Waals surface area contributed by atoms with Gasteiger partial charge in [-0.25, -0.2) is 15.0 Å². The average molecular weight is 390 g/mol. The lowest BCUT2D eigenvalue weighted by atomic mass is 10.3. The molecule has 0 atom stereocenters. The van der Waals surface area contributed by atoms with Crippen LogP contribution >= 0.6 is 23.4 Å². The van der Waals surface area contributed by atoms with Crippen LogP contribution in [0.5, 0.6) is 0 Å². The largest absolute Gasteiger partial charge is 0.431 e. The number of thioether (sulfide) groups is 1. The fraction of sp³-hybridized carbons (Fsp3) is 0.294. The number of carbonyl (C=O) groups is 1. The Hall–Kier alpha value is -2.32. The molecule has 1 aliphatic heterocycles. The monoisotopic (exact) mass is 389 g/mol. The van der Waals surface area contributed by atoms with E-state index in [-0.39, 0.29) is 5.91 Å². The summed E-state index contributed by atoms with van der Waals surface area (Å²) in [5.41, 5.74) is 1.37.